The topological polar surface area (TPSA) is 116 Å². The maximum atomic E-state index is 10.6. The van der Waals surface area contributed by atoms with Crippen LogP contribution in [0.2, 0.25) is 0 Å². The van der Waals surface area contributed by atoms with Gasteiger partial charge in [0.1, 0.15) is 11.5 Å². The molecule has 7 nitrogen and oxygen atoms in total. The second-order valence-corrected chi connectivity index (χ2v) is 6.44. The van der Waals surface area contributed by atoms with E-state index in [-0.39, 0.29) is 29.1 Å². The van der Waals surface area contributed by atoms with Crippen LogP contribution in [0.3, 0.4) is 0 Å². The molecule has 1 rings (SSSR count). The third-order valence-electron chi connectivity index (χ3n) is 2.33. The first kappa shape index (κ1) is 16.7. The molecule has 1 atom stereocenters. The molecular weight excluding hydrogens is 286 g/mol. The van der Waals surface area contributed by atoms with Gasteiger partial charge < -0.3 is 19.7 Å². The Morgan fingerprint density at radius 3 is 2.40 bits per heavy atom. The van der Waals surface area contributed by atoms with Crippen molar-refractivity contribution in [1.29, 1.82) is 0 Å². The van der Waals surface area contributed by atoms with Crippen molar-refractivity contribution in [3.05, 3.63) is 23.8 Å². The van der Waals surface area contributed by atoms with Gasteiger partial charge in [0.25, 0.3) is 0 Å². The number of phenolic OH excluding ortho intramolecular Hbond substituents is 1. The number of β-amino-alcohol motifs (C(OH)–C–C–N with tert-alkyl or cyclic N) is 1. The minimum absolute atomic E-state index is 0.203. The normalized spacial score (nSPS) is 14.1. The smallest absolute Gasteiger partial charge is 0.446 e. The minimum Gasteiger partial charge on any atom is -0.508 e. The lowest BCUT2D eigenvalue weighted by molar-refractivity contribution is 0.162. The number of phenols is 1. The first-order valence-electron chi connectivity index (χ1n) is 5.90. The molecule has 0 saturated heterocycles. The molecule has 0 saturated carbocycles. The van der Waals surface area contributed by atoms with Crippen molar-refractivity contribution < 1.29 is 27.4 Å². The Morgan fingerprint density at radius 1 is 1.30 bits per heavy atom. The lowest BCUT2D eigenvalue weighted by Gasteiger charge is -2.23. The van der Waals surface area contributed by atoms with Crippen molar-refractivity contribution in [2.24, 2.45) is 0 Å². The minimum atomic E-state index is -4.68. The number of nitrogens with one attached hydrogen (secondary N) is 1. The lowest BCUT2D eigenvalue weighted by atomic mass is 10.1. The van der Waals surface area contributed by atoms with E-state index in [0.29, 0.717) is 0 Å². The number of aliphatic hydroxyl groups excluding tert-OH is 1. The van der Waals surface area contributed by atoms with Gasteiger partial charge in [0, 0.05) is 18.2 Å². The standard InChI is InChI=1S/C12H19NO6S/c1-12(2,3)13-7-11(15)8-4-9(14)6-10(5-8)19-20(16,17)18/h4-6,11,13-15H,7H2,1-3H3,(H,16,17,18)/t11-/m0/s1. The summed E-state index contributed by atoms with van der Waals surface area (Å²) in [5.74, 6) is -0.562. The van der Waals surface area contributed by atoms with Gasteiger partial charge in [-0.15, -0.1) is 0 Å². The summed E-state index contributed by atoms with van der Waals surface area (Å²) in [5, 5.41) is 22.5. The molecule has 0 spiro atoms. The van der Waals surface area contributed by atoms with Crippen LogP contribution in [-0.4, -0.2) is 35.3 Å². The molecule has 0 aliphatic carbocycles. The van der Waals surface area contributed by atoms with E-state index in [1.165, 1.54) is 12.1 Å². The second kappa shape index (κ2) is 5.96. The molecule has 0 heterocycles. The Kier molecular flexibility index (Phi) is 4.98. The zero-order valence-corrected chi connectivity index (χ0v) is 12.3. The molecule has 0 amide bonds. The molecule has 0 bridgehead atoms. The Balaban J connectivity index is 2.90. The maximum absolute atomic E-state index is 10.6. The van der Waals surface area contributed by atoms with E-state index in [2.05, 4.69) is 9.50 Å². The molecule has 0 fully saturated rings. The van der Waals surface area contributed by atoms with Gasteiger partial charge in [0.15, 0.2) is 0 Å². The number of hydrogen-bond donors (Lipinski definition) is 4. The van der Waals surface area contributed by atoms with Crippen LogP contribution in [0.25, 0.3) is 0 Å². The lowest BCUT2D eigenvalue weighted by Crippen LogP contribution is -2.38. The number of rotatable bonds is 5. The van der Waals surface area contributed by atoms with E-state index in [1.54, 1.807) is 0 Å². The maximum Gasteiger partial charge on any atom is 0.446 e. The van der Waals surface area contributed by atoms with Crippen LogP contribution >= 0.6 is 0 Å². The van der Waals surface area contributed by atoms with Crippen molar-refractivity contribution >= 4 is 10.4 Å². The molecule has 0 radical (unpaired) electrons. The Hall–Kier alpha value is -1.35. The molecular formula is C12H19NO6S. The van der Waals surface area contributed by atoms with Gasteiger partial charge in [0.2, 0.25) is 0 Å². The molecule has 114 valence electrons. The average Bonchev–Trinajstić information content (AvgIpc) is 2.21. The predicted octanol–water partition coefficient (Wildman–Crippen LogP) is 0.995. The third kappa shape index (κ3) is 6.20. The molecule has 0 aromatic heterocycles. The van der Waals surface area contributed by atoms with Crippen LogP contribution in [-0.2, 0) is 10.4 Å². The van der Waals surface area contributed by atoms with Gasteiger partial charge in [-0.3, -0.25) is 4.55 Å². The Morgan fingerprint density at radius 2 is 1.90 bits per heavy atom. The van der Waals surface area contributed by atoms with Gasteiger partial charge in [-0.2, -0.15) is 8.42 Å². The predicted molar refractivity (Wildman–Crippen MR) is 73.0 cm³/mol. The molecule has 8 heteroatoms. The van der Waals surface area contributed by atoms with Crippen molar-refractivity contribution in [2.45, 2.75) is 32.4 Å². The largest absolute Gasteiger partial charge is 0.508 e. The highest BCUT2D eigenvalue weighted by Crippen LogP contribution is 2.26. The molecule has 0 unspecified atom stereocenters. The summed E-state index contributed by atoms with van der Waals surface area (Å²) in [6.45, 7) is 5.98. The van der Waals surface area contributed by atoms with Gasteiger partial charge in [0.05, 0.1) is 6.10 Å². The summed E-state index contributed by atoms with van der Waals surface area (Å²) in [6, 6.07) is 3.52. The van der Waals surface area contributed by atoms with Gasteiger partial charge >= 0.3 is 10.4 Å². The van der Waals surface area contributed by atoms with Gasteiger partial charge in [-0.05, 0) is 38.5 Å². The molecule has 20 heavy (non-hydrogen) atoms. The number of aromatic hydroxyl groups is 1. The van der Waals surface area contributed by atoms with E-state index >= 15 is 0 Å². The Labute approximate surface area is 118 Å². The zero-order valence-electron chi connectivity index (χ0n) is 11.5. The van der Waals surface area contributed by atoms with E-state index in [4.69, 9.17) is 4.55 Å². The number of benzene rings is 1. The van der Waals surface area contributed by atoms with Crippen molar-refractivity contribution in [2.75, 3.05) is 6.54 Å². The summed E-state index contributed by atoms with van der Waals surface area (Å²) < 4.78 is 34.1. The van der Waals surface area contributed by atoms with E-state index < -0.39 is 16.5 Å². The Bertz CT molecular complexity index is 564. The van der Waals surface area contributed by atoms with Crippen LogP contribution in [0.4, 0.5) is 0 Å². The monoisotopic (exact) mass is 305 g/mol. The fourth-order valence-corrected chi connectivity index (χ4v) is 1.83. The van der Waals surface area contributed by atoms with Crippen LogP contribution in [0.5, 0.6) is 11.5 Å². The van der Waals surface area contributed by atoms with Crippen LogP contribution < -0.4 is 9.50 Å². The first-order valence-corrected chi connectivity index (χ1v) is 7.27. The molecule has 1 aromatic carbocycles. The number of aliphatic hydroxyl groups is 1. The first-order chi connectivity index (χ1) is 8.96. The van der Waals surface area contributed by atoms with Gasteiger partial charge in [-0.25, -0.2) is 0 Å². The van der Waals surface area contributed by atoms with E-state index in [1.807, 2.05) is 20.8 Å². The fraction of sp³-hybridized carbons (Fsp3) is 0.500. The highest BCUT2D eigenvalue weighted by Gasteiger charge is 2.16. The number of hydrogen-bond acceptors (Lipinski definition) is 6. The third-order valence-corrected chi connectivity index (χ3v) is 2.73. The summed E-state index contributed by atoms with van der Waals surface area (Å²) >= 11 is 0. The molecule has 1 aromatic rings. The van der Waals surface area contributed by atoms with E-state index in [0.717, 1.165) is 6.07 Å². The SMILES string of the molecule is CC(C)(C)NC[C@H](O)c1cc(O)cc(OS(=O)(=O)O)c1. The van der Waals surface area contributed by atoms with Crippen molar-refractivity contribution in [1.82, 2.24) is 5.32 Å². The van der Waals surface area contributed by atoms with Gasteiger partial charge in [-0.1, -0.05) is 0 Å². The average molecular weight is 305 g/mol. The molecule has 0 aliphatic rings. The van der Waals surface area contributed by atoms with Crippen LogP contribution in [0.1, 0.15) is 32.4 Å². The summed E-state index contributed by atoms with van der Waals surface area (Å²) in [7, 11) is -4.68. The summed E-state index contributed by atoms with van der Waals surface area (Å²) in [6.07, 6.45) is -0.968. The second-order valence-electron chi connectivity index (χ2n) is 5.42. The molecule has 0 aliphatic heterocycles. The van der Waals surface area contributed by atoms with Crippen LogP contribution in [0, 0.1) is 0 Å². The molecule has 4 N–H and O–H groups in total. The van der Waals surface area contributed by atoms with Crippen molar-refractivity contribution in [3.8, 4) is 11.5 Å². The summed E-state index contributed by atoms with van der Waals surface area (Å²) in [4.78, 5) is 0. The summed E-state index contributed by atoms with van der Waals surface area (Å²) in [5.41, 5.74) is 0.0615. The van der Waals surface area contributed by atoms with Crippen LogP contribution in [0.15, 0.2) is 18.2 Å². The zero-order chi connectivity index (χ0) is 15.6. The van der Waals surface area contributed by atoms with E-state index in [9.17, 15) is 18.6 Å². The van der Waals surface area contributed by atoms with Crippen molar-refractivity contribution in [3.63, 3.8) is 0 Å². The fourth-order valence-electron chi connectivity index (χ4n) is 1.49. The highest BCUT2D eigenvalue weighted by molar-refractivity contribution is 7.81. The highest BCUT2D eigenvalue weighted by atomic mass is 32.3. The quantitative estimate of drug-likeness (QED) is 0.599.